The number of hydrogen-bond acceptors (Lipinski definition) is 1. The van der Waals surface area contributed by atoms with Gasteiger partial charge >= 0.3 is 0 Å². The van der Waals surface area contributed by atoms with Crippen molar-refractivity contribution >= 4 is 0 Å². The van der Waals surface area contributed by atoms with Gasteiger partial charge in [0.1, 0.15) is 0 Å². The molecule has 0 aliphatic rings. The summed E-state index contributed by atoms with van der Waals surface area (Å²) in [6.45, 7) is 9.22. The quantitative estimate of drug-likeness (QED) is 0.266. The third-order valence-electron chi connectivity index (χ3n) is 6.23. The molecular weight excluding hydrogens is 338 g/mol. The van der Waals surface area contributed by atoms with Gasteiger partial charge in [0.15, 0.2) is 0 Å². The largest absolute Gasteiger partial charge is 0.328 e. The standard InChI is InChI=1S/C27H49N/c1-5-7-9-10-11-12-13-14-15-19-25(28)22-24(18-8-6-2)27-21-17-16-20-26(27)23(3)4/h16-17,20-21,23-25H,5-15,18-19,22,28H2,1-4H3. The van der Waals surface area contributed by atoms with Gasteiger partial charge in [0.25, 0.3) is 0 Å². The van der Waals surface area contributed by atoms with Crippen molar-refractivity contribution in [1.82, 2.24) is 0 Å². The molecule has 0 amide bonds. The molecule has 28 heavy (non-hydrogen) atoms. The molecule has 1 heteroatoms. The smallest absolute Gasteiger partial charge is 0.00446 e. The zero-order valence-corrected chi connectivity index (χ0v) is 19.5. The molecule has 0 heterocycles. The minimum absolute atomic E-state index is 0.353. The highest BCUT2D eigenvalue weighted by molar-refractivity contribution is 5.33. The lowest BCUT2D eigenvalue weighted by molar-refractivity contribution is 0.446. The lowest BCUT2D eigenvalue weighted by Crippen LogP contribution is -2.23. The fourth-order valence-electron chi connectivity index (χ4n) is 4.46. The Morgan fingerprint density at radius 2 is 1.21 bits per heavy atom. The van der Waals surface area contributed by atoms with Gasteiger partial charge in [0, 0.05) is 6.04 Å². The van der Waals surface area contributed by atoms with Crippen LogP contribution in [0.1, 0.15) is 141 Å². The van der Waals surface area contributed by atoms with E-state index in [0.717, 1.165) is 6.42 Å². The highest BCUT2D eigenvalue weighted by Gasteiger charge is 2.19. The molecule has 1 aromatic carbocycles. The Morgan fingerprint density at radius 3 is 1.79 bits per heavy atom. The minimum atomic E-state index is 0.353. The number of rotatable bonds is 17. The normalized spacial score (nSPS) is 13.8. The van der Waals surface area contributed by atoms with Crippen molar-refractivity contribution in [2.45, 2.75) is 135 Å². The molecule has 2 unspecified atom stereocenters. The van der Waals surface area contributed by atoms with E-state index < -0.39 is 0 Å². The highest BCUT2D eigenvalue weighted by atomic mass is 14.6. The summed E-state index contributed by atoms with van der Waals surface area (Å²) >= 11 is 0. The summed E-state index contributed by atoms with van der Waals surface area (Å²) in [5, 5.41) is 0. The average Bonchev–Trinajstić information content (AvgIpc) is 2.69. The third-order valence-corrected chi connectivity index (χ3v) is 6.23. The predicted molar refractivity (Wildman–Crippen MR) is 127 cm³/mol. The van der Waals surface area contributed by atoms with E-state index in [9.17, 15) is 0 Å². The summed E-state index contributed by atoms with van der Waals surface area (Å²) in [7, 11) is 0. The van der Waals surface area contributed by atoms with Gasteiger partial charge in [0.2, 0.25) is 0 Å². The van der Waals surface area contributed by atoms with Gasteiger partial charge in [-0.2, -0.15) is 0 Å². The van der Waals surface area contributed by atoms with Crippen molar-refractivity contribution in [2.24, 2.45) is 5.73 Å². The molecule has 0 aliphatic carbocycles. The second-order valence-electron chi connectivity index (χ2n) is 9.24. The summed E-state index contributed by atoms with van der Waals surface area (Å²) in [5.74, 6) is 1.22. The summed E-state index contributed by atoms with van der Waals surface area (Å²) in [6, 6.07) is 9.45. The Balaban J connectivity index is 2.39. The van der Waals surface area contributed by atoms with Crippen LogP contribution in [0.5, 0.6) is 0 Å². The van der Waals surface area contributed by atoms with Crippen LogP contribution in [0.3, 0.4) is 0 Å². The SMILES string of the molecule is CCCCCCCCCCCC(N)CC(CCCC)c1ccccc1C(C)C. The maximum atomic E-state index is 6.61. The monoisotopic (exact) mass is 387 g/mol. The molecule has 0 spiro atoms. The molecule has 0 aromatic heterocycles. The van der Waals surface area contributed by atoms with Crippen molar-refractivity contribution in [1.29, 1.82) is 0 Å². The third kappa shape index (κ3) is 10.6. The van der Waals surface area contributed by atoms with Crippen molar-refractivity contribution in [2.75, 3.05) is 0 Å². The van der Waals surface area contributed by atoms with Crippen molar-refractivity contribution in [3.8, 4) is 0 Å². The van der Waals surface area contributed by atoms with Gasteiger partial charge < -0.3 is 5.73 Å². The maximum absolute atomic E-state index is 6.61. The van der Waals surface area contributed by atoms with Crippen molar-refractivity contribution in [3.05, 3.63) is 35.4 Å². The molecular formula is C27H49N. The second-order valence-corrected chi connectivity index (χ2v) is 9.24. The fraction of sp³-hybridized carbons (Fsp3) is 0.778. The summed E-state index contributed by atoms with van der Waals surface area (Å²) in [6.07, 6.45) is 18.7. The number of hydrogen-bond donors (Lipinski definition) is 1. The first-order chi connectivity index (χ1) is 13.6. The van der Waals surface area contributed by atoms with E-state index in [-0.39, 0.29) is 0 Å². The summed E-state index contributed by atoms with van der Waals surface area (Å²) in [5.41, 5.74) is 9.70. The van der Waals surface area contributed by atoms with Gasteiger partial charge in [0.05, 0.1) is 0 Å². The molecule has 0 saturated heterocycles. The van der Waals surface area contributed by atoms with Gasteiger partial charge in [-0.25, -0.2) is 0 Å². The van der Waals surface area contributed by atoms with E-state index in [0.29, 0.717) is 17.9 Å². The van der Waals surface area contributed by atoms with E-state index in [1.165, 1.54) is 89.0 Å². The van der Waals surface area contributed by atoms with Crippen LogP contribution in [0.2, 0.25) is 0 Å². The zero-order chi connectivity index (χ0) is 20.6. The van der Waals surface area contributed by atoms with Crippen LogP contribution < -0.4 is 5.73 Å². The Hall–Kier alpha value is -0.820. The molecule has 0 fully saturated rings. The molecule has 162 valence electrons. The molecule has 0 aliphatic heterocycles. The molecule has 0 saturated carbocycles. The predicted octanol–water partition coefficient (Wildman–Crippen LogP) is 8.72. The van der Waals surface area contributed by atoms with E-state index in [1.807, 2.05) is 0 Å². The Bertz CT molecular complexity index is 479. The van der Waals surface area contributed by atoms with Crippen LogP contribution in [-0.4, -0.2) is 6.04 Å². The second kappa shape index (κ2) is 16.0. The fourth-order valence-corrected chi connectivity index (χ4v) is 4.46. The van der Waals surface area contributed by atoms with Gasteiger partial charge in [-0.05, 0) is 42.2 Å². The number of benzene rings is 1. The number of nitrogens with two attached hydrogens (primary N) is 1. The van der Waals surface area contributed by atoms with Crippen LogP contribution in [0, 0.1) is 0 Å². The van der Waals surface area contributed by atoms with Crippen LogP contribution in [0.25, 0.3) is 0 Å². The summed E-state index contributed by atoms with van der Waals surface area (Å²) in [4.78, 5) is 0. The first-order valence-corrected chi connectivity index (χ1v) is 12.4. The van der Waals surface area contributed by atoms with E-state index in [4.69, 9.17) is 5.73 Å². The molecule has 1 rings (SSSR count). The zero-order valence-electron chi connectivity index (χ0n) is 19.5. The van der Waals surface area contributed by atoms with Crippen molar-refractivity contribution in [3.63, 3.8) is 0 Å². The van der Waals surface area contributed by atoms with Crippen molar-refractivity contribution < 1.29 is 0 Å². The van der Waals surface area contributed by atoms with E-state index >= 15 is 0 Å². The van der Waals surface area contributed by atoms with Crippen LogP contribution >= 0.6 is 0 Å². The Morgan fingerprint density at radius 1 is 0.679 bits per heavy atom. The van der Waals surface area contributed by atoms with Crippen LogP contribution in [0.15, 0.2) is 24.3 Å². The minimum Gasteiger partial charge on any atom is -0.328 e. The van der Waals surface area contributed by atoms with Gasteiger partial charge in [-0.1, -0.05) is 123 Å². The maximum Gasteiger partial charge on any atom is 0.00446 e. The topological polar surface area (TPSA) is 26.0 Å². The first-order valence-electron chi connectivity index (χ1n) is 12.4. The average molecular weight is 388 g/mol. The molecule has 0 bridgehead atoms. The van der Waals surface area contributed by atoms with Crippen LogP contribution in [-0.2, 0) is 0 Å². The van der Waals surface area contributed by atoms with E-state index in [2.05, 4.69) is 52.0 Å². The Labute approximate surface area is 176 Å². The molecule has 2 N–H and O–H groups in total. The first kappa shape index (κ1) is 25.2. The number of unbranched alkanes of at least 4 members (excludes halogenated alkanes) is 9. The van der Waals surface area contributed by atoms with Gasteiger partial charge in [-0.3, -0.25) is 0 Å². The van der Waals surface area contributed by atoms with E-state index in [1.54, 1.807) is 5.56 Å². The summed E-state index contributed by atoms with van der Waals surface area (Å²) < 4.78 is 0. The lowest BCUT2D eigenvalue weighted by Gasteiger charge is -2.25. The Kier molecular flexibility index (Phi) is 14.4. The highest BCUT2D eigenvalue weighted by Crippen LogP contribution is 2.33. The molecule has 1 nitrogen and oxygen atoms in total. The molecule has 1 aromatic rings. The van der Waals surface area contributed by atoms with Gasteiger partial charge in [-0.15, -0.1) is 0 Å². The lowest BCUT2D eigenvalue weighted by atomic mass is 9.82. The molecule has 0 radical (unpaired) electrons. The molecule has 2 atom stereocenters. The van der Waals surface area contributed by atoms with Crippen LogP contribution in [0.4, 0.5) is 0 Å².